The molecule has 0 saturated heterocycles. The Bertz CT molecular complexity index is 958. The average molecular weight is 2090 g/mol. The van der Waals surface area contributed by atoms with Crippen LogP contribution in [0.2, 0.25) is 0 Å². The van der Waals surface area contributed by atoms with Crippen molar-refractivity contribution in [2.75, 3.05) is 6.61 Å². The third-order valence-electron chi connectivity index (χ3n) is 24.5. The zero-order chi connectivity index (χ0) is 116. The molecule has 0 aromatic rings. The lowest BCUT2D eigenvalue weighted by atomic mass is 10.2. The van der Waals surface area contributed by atoms with Gasteiger partial charge in [-0.05, 0) is 6.92 Å². The van der Waals surface area contributed by atoms with Crippen molar-refractivity contribution in [1.82, 2.24) is 0 Å². The van der Waals surface area contributed by atoms with E-state index < -0.39 is 0 Å². The fraction of sp³-hybridized carbons (Fsp3) is 0.993. The molecule has 0 spiro atoms. The molecule has 0 aliphatic heterocycles. The summed E-state index contributed by atoms with van der Waals surface area (Å²) in [5, 5.41) is 0. The maximum atomic E-state index is 9.82. The fourth-order valence-electron chi connectivity index (χ4n) is 13.7. The molecule has 0 aromatic heterocycles. The Labute approximate surface area is 948 Å². The van der Waals surface area contributed by atoms with Gasteiger partial charge in [0.15, 0.2) is 0 Å². The third kappa shape index (κ3) is 428. The van der Waals surface area contributed by atoms with Gasteiger partial charge in [-0.3, -0.25) is 4.79 Å². The van der Waals surface area contributed by atoms with Crippen molar-refractivity contribution in [3.8, 4) is 0 Å². The smallest absolute Gasteiger partial charge is 0.302 e. The Hall–Kier alpha value is -0.530. The second-order valence-electron chi connectivity index (χ2n) is 42.1. The van der Waals surface area contributed by atoms with Gasteiger partial charge in [0.05, 0.1) is 6.61 Å². The summed E-state index contributed by atoms with van der Waals surface area (Å²) in [6, 6.07) is 0. The lowest BCUT2D eigenvalue weighted by Gasteiger charge is -1.90. The molecular weight excluding hydrogens is 1760 g/mol. The van der Waals surface area contributed by atoms with Gasteiger partial charge in [-0.15, -0.1) is 0 Å². The molecule has 0 aromatic carbocycles. The van der Waals surface area contributed by atoms with Crippen LogP contribution in [-0.2, 0) is 9.53 Å². The summed E-state index contributed by atoms with van der Waals surface area (Å²) in [5.41, 5.74) is 0. The molecule has 0 bridgehead atoms. The topological polar surface area (TPSA) is 26.3 Å². The lowest BCUT2D eigenvalue weighted by molar-refractivity contribution is -0.140. The molecule has 0 aliphatic carbocycles. The number of esters is 1. The number of carbonyl (C=O) groups excluding carboxylic acids is 1. The van der Waals surface area contributed by atoms with Gasteiger partial charge in [-0.2, -0.15) is 0 Å². The van der Waals surface area contributed by atoms with E-state index in [0.717, 1.165) is 0 Å². The van der Waals surface area contributed by atoms with Gasteiger partial charge in [0.2, 0.25) is 0 Å². The van der Waals surface area contributed by atoms with Crippen LogP contribution in [0.1, 0.15) is 933 Å². The predicted octanol–water partition coefficient (Wildman–Crippen LogP) is 60.1. The minimum absolute atomic E-state index is 0.211. The minimum Gasteiger partial charge on any atom is -0.466 e. The van der Waals surface area contributed by atoms with E-state index in [2.05, 4.69) is 282 Å². The molecule has 0 amide bonds. The van der Waals surface area contributed by atoms with E-state index in [9.17, 15) is 4.79 Å². The van der Waals surface area contributed by atoms with Crippen LogP contribution >= 0.6 is 0 Å². The van der Waals surface area contributed by atoms with Crippen LogP contribution in [0.15, 0.2) is 0 Å². The van der Waals surface area contributed by atoms with Crippen molar-refractivity contribution in [2.45, 2.75) is 933 Å². The highest BCUT2D eigenvalue weighted by Gasteiger charge is 1.92. The first-order valence-corrected chi connectivity index (χ1v) is 70.2. The molecule has 0 fully saturated rings. The molecule has 0 aliphatic rings. The van der Waals surface area contributed by atoms with Crippen molar-refractivity contribution in [3.05, 3.63) is 0 Å². The highest BCUT2D eigenvalue weighted by atomic mass is 16.5. The van der Waals surface area contributed by atoms with Crippen LogP contribution in [0.5, 0.6) is 0 Å². The molecule has 2 nitrogen and oxygen atoms in total. The molecule has 0 N–H and O–H groups in total. The summed E-state index contributed by atoms with van der Waals surface area (Å²) in [6.07, 6.45) is 140. The number of rotatable bonds is 81. The SMILES string of the molecule is CCCCCCC.CCCCCCC.CCCCCCC.CCCCCCC.CCCCCCC.CCCCCCC.CCCCCCC.CCCCCCC.CCCCCCC.CCCCCCC.CCCCCCC.CCCCCCC.CCCCCCC.CCCCCCC.CCCCCCC.CCCCCCC.CCCCCCC.CCCCCCC.CCCCCCC.CCCCCCC.CCOC(C)=O. The highest BCUT2D eigenvalue weighted by molar-refractivity contribution is 5.65. The van der Waals surface area contributed by atoms with Crippen LogP contribution in [-0.4, -0.2) is 12.6 Å². The van der Waals surface area contributed by atoms with E-state index in [1.807, 2.05) is 0 Å². The van der Waals surface area contributed by atoms with Crippen molar-refractivity contribution < 1.29 is 9.53 Å². The summed E-state index contributed by atoms with van der Waals surface area (Å²) < 4.78 is 4.40. The maximum absolute atomic E-state index is 9.82. The summed E-state index contributed by atoms with van der Waals surface area (Å²) in [4.78, 5) is 9.82. The normalized spacial score (nSPS) is 9.36. The van der Waals surface area contributed by atoms with Gasteiger partial charge in [0.25, 0.3) is 0 Å². The molecule has 0 radical (unpaired) electrons. The number of hydrogen-bond acceptors (Lipinski definition) is 2. The second kappa shape index (κ2) is 272. The minimum atomic E-state index is -0.211. The third-order valence-corrected chi connectivity index (χ3v) is 24.5. The molecule has 0 rings (SSSR count). The monoisotopic (exact) mass is 2090 g/mol. The van der Waals surface area contributed by atoms with Crippen molar-refractivity contribution >= 4 is 5.97 Å². The molecule has 146 heavy (non-hydrogen) atoms. The molecule has 0 saturated carbocycles. The summed E-state index contributed by atoms with van der Waals surface area (Å²) in [6.45, 7) is 93.5. The molecule has 916 valence electrons. The molecular formula is C144H328O2. The Morgan fingerprint density at radius 1 is 0.0890 bits per heavy atom. The van der Waals surface area contributed by atoms with Crippen LogP contribution in [0, 0.1) is 0 Å². The molecule has 0 unspecified atom stereocenters. The standard InChI is InChI=1S/20C7H16.C4H8O2/c20*1-3-5-7-6-4-2;1-3-6-4(2)5/h20*3-7H2,1-2H3;3H2,1-2H3. The fourth-order valence-corrected chi connectivity index (χ4v) is 13.7. The molecule has 0 heterocycles. The first-order chi connectivity index (χ1) is 71.1. The van der Waals surface area contributed by atoms with Gasteiger partial charge in [0, 0.05) is 6.92 Å². The number of hydrogen-bond donors (Lipinski definition) is 0. The van der Waals surface area contributed by atoms with Crippen molar-refractivity contribution in [2.24, 2.45) is 0 Å². The molecule has 0 atom stereocenters. The predicted molar refractivity (Wildman–Crippen MR) is 711 cm³/mol. The van der Waals surface area contributed by atoms with Crippen LogP contribution in [0.4, 0.5) is 0 Å². The van der Waals surface area contributed by atoms with Gasteiger partial charge >= 0.3 is 5.97 Å². The van der Waals surface area contributed by atoms with E-state index in [4.69, 9.17) is 0 Å². The summed E-state index contributed by atoms with van der Waals surface area (Å²) >= 11 is 0. The Balaban J connectivity index is -0.0000000591. The van der Waals surface area contributed by atoms with Gasteiger partial charge in [-0.1, -0.05) is 919 Å². The number of carbonyl (C=O) groups is 1. The maximum Gasteiger partial charge on any atom is 0.302 e. The zero-order valence-electron chi connectivity index (χ0n) is 115. The van der Waals surface area contributed by atoms with Crippen molar-refractivity contribution in [1.29, 1.82) is 0 Å². The lowest BCUT2D eigenvalue weighted by Crippen LogP contribution is -1.95. The summed E-state index contributed by atoms with van der Waals surface area (Å²) in [7, 11) is 0. The van der Waals surface area contributed by atoms with Gasteiger partial charge in [-0.25, -0.2) is 0 Å². The van der Waals surface area contributed by atoms with E-state index in [1.165, 1.54) is 649 Å². The van der Waals surface area contributed by atoms with E-state index in [1.54, 1.807) is 6.92 Å². The van der Waals surface area contributed by atoms with Gasteiger partial charge < -0.3 is 4.74 Å². The zero-order valence-corrected chi connectivity index (χ0v) is 115. The second-order valence-corrected chi connectivity index (χ2v) is 42.1. The summed E-state index contributed by atoms with van der Waals surface area (Å²) in [5.74, 6) is -0.211. The molecule has 2 heteroatoms. The number of unbranched alkanes of at least 4 members (excludes halogenated alkanes) is 80. The van der Waals surface area contributed by atoms with E-state index >= 15 is 0 Å². The first-order valence-electron chi connectivity index (χ1n) is 70.2. The Morgan fingerprint density at radius 3 is 0.144 bits per heavy atom. The van der Waals surface area contributed by atoms with Crippen LogP contribution in [0.25, 0.3) is 0 Å². The number of ether oxygens (including phenoxy) is 1. The largest absolute Gasteiger partial charge is 0.466 e. The Kier molecular flexibility index (Phi) is 366. The van der Waals surface area contributed by atoms with E-state index in [-0.39, 0.29) is 5.97 Å². The van der Waals surface area contributed by atoms with Crippen LogP contribution in [0.3, 0.4) is 0 Å². The highest BCUT2D eigenvalue weighted by Crippen LogP contribution is 2.12. The quantitative estimate of drug-likeness (QED) is 0.0448. The average Bonchev–Trinajstić information content (AvgIpc) is 1.18. The Morgan fingerprint density at radius 2 is 0.130 bits per heavy atom. The van der Waals surface area contributed by atoms with Crippen LogP contribution < -0.4 is 0 Å². The first kappa shape index (κ1) is 196. The van der Waals surface area contributed by atoms with Crippen molar-refractivity contribution in [3.63, 3.8) is 0 Å². The van der Waals surface area contributed by atoms with E-state index in [0.29, 0.717) is 6.61 Å². The van der Waals surface area contributed by atoms with Gasteiger partial charge in [0.1, 0.15) is 0 Å².